The van der Waals surface area contributed by atoms with Gasteiger partial charge in [0.05, 0.1) is 30.2 Å². The van der Waals surface area contributed by atoms with Gasteiger partial charge in [-0.25, -0.2) is 0 Å². The highest BCUT2D eigenvalue weighted by molar-refractivity contribution is 6.23. The molecule has 0 spiro atoms. The first-order valence-corrected chi connectivity index (χ1v) is 6.38. The lowest BCUT2D eigenvalue weighted by molar-refractivity contribution is -0.385. The summed E-state index contributed by atoms with van der Waals surface area (Å²) in [4.78, 5) is 35.3. The predicted molar refractivity (Wildman–Crippen MR) is 70.0 cm³/mol. The summed E-state index contributed by atoms with van der Waals surface area (Å²) in [6.45, 7) is 0.497. The number of nitro benzene ring substituents is 1. The van der Waals surface area contributed by atoms with E-state index in [1.165, 1.54) is 18.2 Å². The van der Waals surface area contributed by atoms with Gasteiger partial charge in [0, 0.05) is 11.9 Å². The monoisotopic (exact) mass is 298 g/mol. The molecule has 0 bridgehead atoms. The Labute approximate surface area is 119 Å². The smallest absolute Gasteiger partial charge is 0.282 e. The van der Waals surface area contributed by atoms with E-state index in [9.17, 15) is 19.7 Å². The molecule has 2 amide bonds. The molecule has 1 aliphatic heterocycles. The molecule has 7 nitrogen and oxygen atoms in total. The van der Waals surface area contributed by atoms with Gasteiger partial charge >= 0.3 is 0 Å². The number of nitro groups is 1. The molecule has 106 valence electrons. The number of carbonyl (C=O) groups is 2. The number of rotatable bonds is 6. The first-order valence-electron chi connectivity index (χ1n) is 5.85. The molecule has 0 aliphatic carbocycles. The number of nitrogens with zero attached hydrogens (tertiary/aromatic N) is 2. The van der Waals surface area contributed by atoms with Gasteiger partial charge in [0.25, 0.3) is 17.5 Å². The molecule has 0 unspecified atom stereocenters. The van der Waals surface area contributed by atoms with Crippen molar-refractivity contribution in [1.82, 2.24) is 4.90 Å². The van der Waals surface area contributed by atoms with E-state index >= 15 is 0 Å². The van der Waals surface area contributed by atoms with Gasteiger partial charge in [0.2, 0.25) is 0 Å². The molecular weight excluding hydrogens is 288 g/mol. The predicted octanol–water partition coefficient (Wildman–Crippen LogP) is 1.45. The number of halogens is 1. The van der Waals surface area contributed by atoms with E-state index in [-0.39, 0.29) is 30.0 Å². The Kier molecular flexibility index (Phi) is 4.31. The first-order chi connectivity index (χ1) is 9.57. The summed E-state index contributed by atoms with van der Waals surface area (Å²) in [6, 6.07) is 4.00. The molecule has 0 radical (unpaired) electrons. The third-order valence-corrected chi connectivity index (χ3v) is 3.01. The van der Waals surface area contributed by atoms with E-state index in [1.54, 1.807) is 0 Å². The minimum absolute atomic E-state index is 0.0421. The van der Waals surface area contributed by atoms with Crippen LogP contribution in [0.3, 0.4) is 0 Å². The second-order valence-electron chi connectivity index (χ2n) is 4.02. The van der Waals surface area contributed by atoms with E-state index in [2.05, 4.69) is 0 Å². The Morgan fingerprint density at radius 2 is 2.00 bits per heavy atom. The number of alkyl halides is 1. The SMILES string of the molecule is O=C1c2cccc([N+](=O)[O-])c2C(=O)N1CCOCCCl. The van der Waals surface area contributed by atoms with E-state index in [4.69, 9.17) is 16.3 Å². The highest BCUT2D eigenvalue weighted by atomic mass is 35.5. The Morgan fingerprint density at radius 1 is 1.25 bits per heavy atom. The number of ether oxygens (including phenoxy) is 1. The number of benzene rings is 1. The zero-order valence-corrected chi connectivity index (χ0v) is 11.1. The van der Waals surface area contributed by atoms with Crippen molar-refractivity contribution >= 4 is 29.1 Å². The molecule has 0 atom stereocenters. The van der Waals surface area contributed by atoms with Crippen molar-refractivity contribution in [3.63, 3.8) is 0 Å². The van der Waals surface area contributed by atoms with Crippen molar-refractivity contribution in [1.29, 1.82) is 0 Å². The molecule has 0 fully saturated rings. The van der Waals surface area contributed by atoms with Crippen molar-refractivity contribution in [2.24, 2.45) is 0 Å². The largest absolute Gasteiger partial charge is 0.378 e. The minimum Gasteiger partial charge on any atom is -0.378 e. The van der Waals surface area contributed by atoms with E-state index in [0.29, 0.717) is 12.5 Å². The molecule has 0 aromatic heterocycles. The normalized spacial score (nSPS) is 13.8. The van der Waals surface area contributed by atoms with Crippen molar-refractivity contribution < 1.29 is 19.2 Å². The van der Waals surface area contributed by atoms with Gasteiger partial charge in [-0.15, -0.1) is 11.6 Å². The second-order valence-corrected chi connectivity index (χ2v) is 4.40. The van der Waals surface area contributed by atoms with Gasteiger partial charge in [-0.05, 0) is 6.07 Å². The quantitative estimate of drug-likeness (QED) is 0.261. The topological polar surface area (TPSA) is 89.8 Å². The van der Waals surface area contributed by atoms with Crippen LogP contribution in [0.4, 0.5) is 5.69 Å². The molecule has 0 saturated carbocycles. The molecule has 0 saturated heterocycles. The summed E-state index contributed by atoms with van der Waals surface area (Å²) in [5, 5.41) is 10.9. The fourth-order valence-electron chi connectivity index (χ4n) is 1.98. The second kappa shape index (κ2) is 5.98. The first kappa shape index (κ1) is 14.4. The summed E-state index contributed by atoms with van der Waals surface area (Å²) >= 11 is 5.44. The average Bonchev–Trinajstić information content (AvgIpc) is 2.68. The van der Waals surface area contributed by atoms with Crippen LogP contribution >= 0.6 is 11.6 Å². The molecule has 1 aliphatic rings. The maximum Gasteiger partial charge on any atom is 0.282 e. The fourth-order valence-corrected chi connectivity index (χ4v) is 2.09. The minimum atomic E-state index is -0.669. The molecule has 2 rings (SSSR count). The van der Waals surface area contributed by atoms with Gasteiger partial charge < -0.3 is 4.74 Å². The van der Waals surface area contributed by atoms with Crippen LogP contribution in [-0.2, 0) is 4.74 Å². The van der Waals surface area contributed by atoms with Crippen LogP contribution < -0.4 is 0 Å². The van der Waals surface area contributed by atoms with Crippen LogP contribution in [0.1, 0.15) is 20.7 Å². The number of imide groups is 1. The molecular formula is C12H11ClN2O5. The lowest BCUT2D eigenvalue weighted by atomic mass is 10.1. The zero-order valence-electron chi connectivity index (χ0n) is 10.4. The fraction of sp³-hybridized carbons (Fsp3) is 0.333. The van der Waals surface area contributed by atoms with Crippen molar-refractivity contribution in [2.75, 3.05) is 25.6 Å². The summed E-state index contributed by atoms with van der Waals surface area (Å²) in [5.41, 5.74) is -0.452. The Bertz CT molecular complexity index is 575. The van der Waals surface area contributed by atoms with Crippen LogP contribution in [0, 0.1) is 10.1 Å². The van der Waals surface area contributed by atoms with Gasteiger partial charge in [-0.1, -0.05) is 6.07 Å². The van der Waals surface area contributed by atoms with Crippen molar-refractivity contribution in [3.8, 4) is 0 Å². The molecule has 0 N–H and O–H groups in total. The summed E-state index contributed by atoms with van der Waals surface area (Å²) in [6.07, 6.45) is 0. The van der Waals surface area contributed by atoms with Crippen molar-refractivity contribution in [3.05, 3.63) is 39.4 Å². The number of hydrogen-bond acceptors (Lipinski definition) is 5. The zero-order chi connectivity index (χ0) is 14.7. The van der Waals surface area contributed by atoms with E-state index < -0.39 is 16.7 Å². The van der Waals surface area contributed by atoms with Gasteiger partial charge in [-0.3, -0.25) is 24.6 Å². The number of hydrogen-bond donors (Lipinski definition) is 0. The Morgan fingerprint density at radius 3 is 2.65 bits per heavy atom. The maximum absolute atomic E-state index is 12.1. The number of carbonyl (C=O) groups excluding carboxylic acids is 2. The van der Waals surface area contributed by atoms with Gasteiger partial charge in [-0.2, -0.15) is 0 Å². The third kappa shape index (κ3) is 2.50. The average molecular weight is 299 g/mol. The Hall–Kier alpha value is -1.99. The highest BCUT2D eigenvalue weighted by Gasteiger charge is 2.40. The van der Waals surface area contributed by atoms with Gasteiger partial charge in [0.1, 0.15) is 5.56 Å². The van der Waals surface area contributed by atoms with E-state index in [1.807, 2.05) is 0 Å². The van der Waals surface area contributed by atoms with Crippen LogP contribution in [0.2, 0.25) is 0 Å². The lowest BCUT2D eigenvalue weighted by Gasteiger charge is -2.13. The van der Waals surface area contributed by atoms with Crippen molar-refractivity contribution in [2.45, 2.75) is 0 Å². The van der Waals surface area contributed by atoms with E-state index in [0.717, 1.165) is 4.90 Å². The van der Waals surface area contributed by atoms with Crippen LogP contribution in [-0.4, -0.2) is 47.3 Å². The third-order valence-electron chi connectivity index (χ3n) is 2.85. The molecule has 1 aromatic carbocycles. The maximum atomic E-state index is 12.1. The van der Waals surface area contributed by atoms with Crippen LogP contribution in [0.25, 0.3) is 0 Å². The number of fused-ring (bicyclic) bond motifs is 1. The van der Waals surface area contributed by atoms with Crippen LogP contribution in [0.5, 0.6) is 0 Å². The molecule has 20 heavy (non-hydrogen) atoms. The molecule has 8 heteroatoms. The highest BCUT2D eigenvalue weighted by Crippen LogP contribution is 2.30. The summed E-state index contributed by atoms with van der Waals surface area (Å²) in [7, 11) is 0. The number of amides is 2. The molecule has 1 heterocycles. The van der Waals surface area contributed by atoms with Gasteiger partial charge in [0.15, 0.2) is 0 Å². The summed E-state index contributed by atoms with van der Waals surface area (Å²) < 4.78 is 5.11. The standard InChI is InChI=1S/C12H11ClN2O5/c13-4-6-20-7-5-14-11(16)8-2-1-3-9(15(18)19)10(8)12(14)17/h1-3H,4-7H2. The van der Waals surface area contributed by atoms with Crippen LogP contribution in [0.15, 0.2) is 18.2 Å². The molecule has 1 aromatic rings. The summed E-state index contributed by atoms with van der Waals surface area (Å²) in [5.74, 6) is -0.886. The Balaban J connectivity index is 2.22. The lowest BCUT2D eigenvalue weighted by Crippen LogP contribution is -2.33.